The number of pyridine rings is 5. The van der Waals surface area contributed by atoms with Gasteiger partial charge in [-0.3, -0.25) is 35.1 Å². The van der Waals surface area contributed by atoms with E-state index in [4.69, 9.17) is 73.0 Å². The standard InChI is InChI=1S/C17H11ClN2O4S.C17H11ClN2O2S.C11H9BrClN.C10H6ClNO.C10H8ClN.C7H7NO4S.C6H5NO4S.C6H6O2S/c1-24-17(21)15-9-13(20(22)23)14(25-15)6-3-10-2-5-12-11(8-10)4-7-16(18)19-12;1-22-17(21)15-8-13-14(23-15)7-12(19-13)10-2-4-11-9(6-10)3-5-16(18)20-11;1-7(12)8-2-4-10-9(6-8)3-5-11(13)14-10;11-10-4-2-8-5-7(6-13)1-3-9(8)12-10;1-7-2-4-9-8(6-7)3-5-10(11)12-9;1-4-5(8(10)11)3-6(13-4)7(9)12-2;1-3-4(7(10)11)2-5(12-3)6(8)9;1-4-2-3-5(9-4)6(7)8/h2-9H,1H3;2-8,19H,1H3;2-7H,1H3;1-6H;2-6H,1H3;3H,1-2H3;2H,1H3,(H,8,9);2-3H,1H3,(H,7,8)/b6-3+;;;;;;;. The number of H-pyrrole nitrogens is 1. The summed E-state index contributed by atoms with van der Waals surface area (Å²) in [4.78, 5) is 124. The van der Waals surface area contributed by atoms with Gasteiger partial charge in [0.1, 0.15) is 61.3 Å². The molecule has 16 rings (SSSR count). The van der Waals surface area contributed by atoms with E-state index in [0.717, 1.165) is 133 Å². The highest BCUT2D eigenvalue weighted by Gasteiger charge is 2.23. The average molecular weight is 1890 g/mol. The number of ether oxygens (including phenoxy) is 3. The average Bonchev–Trinajstić information content (AvgIpc) is 1.40. The van der Waals surface area contributed by atoms with Crippen LogP contribution in [0.3, 0.4) is 0 Å². The molecule has 26 nitrogen and oxygen atoms in total. The van der Waals surface area contributed by atoms with Gasteiger partial charge in [0.15, 0.2) is 0 Å². The zero-order valence-corrected chi connectivity index (χ0v) is 73.6. The highest BCUT2D eigenvalue weighted by atomic mass is 79.9. The molecule has 3 N–H and O–H groups in total. The Balaban J connectivity index is 0.000000161. The van der Waals surface area contributed by atoms with Gasteiger partial charge in [-0.1, -0.05) is 110 Å². The van der Waals surface area contributed by atoms with Gasteiger partial charge >= 0.3 is 29.8 Å². The first-order valence-corrected chi connectivity index (χ1v) is 41.7. The molecule has 0 saturated heterocycles. The molecule has 11 aromatic heterocycles. The molecule has 0 radical (unpaired) electrons. The highest BCUT2D eigenvalue weighted by molar-refractivity contribution is 9.09. The molecule has 0 aliphatic rings. The predicted molar refractivity (Wildman–Crippen MR) is 485 cm³/mol. The van der Waals surface area contributed by atoms with Crippen LogP contribution in [-0.4, -0.2) is 112 Å². The number of rotatable bonds is 13. The molecule has 618 valence electrons. The Hall–Kier alpha value is -11.9. The quantitative estimate of drug-likeness (QED) is 0.0183. The third kappa shape index (κ3) is 26.0. The van der Waals surface area contributed by atoms with Crippen LogP contribution in [0.5, 0.6) is 0 Å². The summed E-state index contributed by atoms with van der Waals surface area (Å²) >= 11 is 38.3. The van der Waals surface area contributed by atoms with Gasteiger partial charge in [-0.15, -0.1) is 56.7 Å². The first kappa shape index (κ1) is 93.0. The number of hydrogen-bond acceptors (Lipinski definition) is 25. The first-order chi connectivity index (χ1) is 57.6. The number of thiophene rings is 5. The van der Waals surface area contributed by atoms with E-state index in [0.29, 0.717) is 60.5 Å². The number of aromatic carboxylic acids is 2. The normalized spacial score (nSPS) is 10.8. The Labute approximate surface area is 740 Å². The van der Waals surface area contributed by atoms with Crippen LogP contribution in [0.2, 0.25) is 25.8 Å². The smallest absolute Gasteiger partial charge is 0.348 e. The minimum absolute atomic E-state index is 0.000741. The van der Waals surface area contributed by atoms with E-state index >= 15 is 0 Å². The van der Waals surface area contributed by atoms with Gasteiger partial charge in [-0.25, -0.2) is 48.9 Å². The maximum absolute atomic E-state index is 11.6. The molecule has 0 saturated carbocycles. The van der Waals surface area contributed by atoms with Crippen molar-refractivity contribution in [3.63, 3.8) is 0 Å². The number of hydrogen-bond donors (Lipinski definition) is 3. The number of carbonyl (C=O) groups excluding carboxylic acids is 4. The Kier molecular flexibility index (Phi) is 33.3. The third-order valence-electron chi connectivity index (χ3n) is 16.6. The zero-order chi connectivity index (χ0) is 88.1. The maximum atomic E-state index is 11.6. The number of halogens is 6. The van der Waals surface area contributed by atoms with Gasteiger partial charge in [0.2, 0.25) is 0 Å². The summed E-state index contributed by atoms with van der Waals surface area (Å²) in [5.74, 6) is -3.42. The van der Waals surface area contributed by atoms with Crippen LogP contribution < -0.4 is 0 Å². The predicted octanol–water partition coefficient (Wildman–Crippen LogP) is 25.1. The minimum Gasteiger partial charge on any atom is -0.477 e. The van der Waals surface area contributed by atoms with E-state index in [1.54, 1.807) is 67.6 Å². The number of aromatic nitrogens is 6. The second-order valence-corrected chi connectivity index (χ2v) is 34.3. The number of aldehydes is 1. The molecule has 121 heavy (non-hydrogen) atoms. The van der Waals surface area contributed by atoms with Crippen molar-refractivity contribution in [2.24, 2.45) is 0 Å². The van der Waals surface area contributed by atoms with Crippen LogP contribution in [0, 0.1) is 58.0 Å². The van der Waals surface area contributed by atoms with Gasteiger partial charge in [-0.05, 0) is 209 Å². The second-order valence-electron chi connectivity index (χ2n) is 25.0. The monoisotopic (exact) mass is 1880 g/mol. The first-order valence-electron chi connectivity index (χ1n) is 34.9. The number of benzene rings is 5. The molecule has 11 heterocycles. The second kappa shape index (κ2) is 43.3. The largest absolute Gasteiger partial charge is 0.477 e. The fraction of sp³-hybridized carbons (Fsp3) is 0.107. The number of alkyl halides is 1. The Morgan fingerprint density at radius 2 is 0.843 bits per heavy atom. The summed E-state index contributed by atoms with van der Waals surface area (Å²) in [7, 11) is 3.86. The number of methoxy groups -OCH3 is 3. The molecule has 37 heteroatoms. The van der Waals surface area contributed by atoms with E-state index in [-0.39, 0.29) is 37.7 Å². The number of carboxylic acids is 2. The number of nitro groups is 3. The lowest BCUT2D eigenvalue weighted by Gasteiger charge is -2.04. The summed E-state index contributed by atoms with van der Waals surface area (Å²) in [6.45, 7) is 9.17. The molecule has 5 aromatic carbocycles. The van der Waals surface area contributed by atoms with Crippen molar-refractivity contribution < 1.29 is 68.0 Å². The molecular formula is C84H63BrCl5N9O17S5. The van der Waals surface area contributed by atoms with Gasteiger partial charge in [0.05, 0.1) is 83.7 Å². The minimum atomic E-state index is -1.13. The van der Waals surface area contributed by atoms with E-state index in [2.05, 4.69) is 93.4 Å². The summed E-state index contributed by atoms with van der Waals surface area (Å²) in [5.41, 5.74) is 11.0. The van der Waals surface area contributed by atoms with Gasteiger partial charge in [-0.2, -0.15) is 0 Å². The van der Waals surface area contributed by atoms with Crippen molar-refractivity contribution in [3.05, 3.63) is 316 Å². The lowest BCUT2D eigenvalue weighted by molar-refractivity contribution is -0.385. The molecule has 16 aromatic rings. The lowest BCUT2D eigenvalue weighted by Crippen LogP contribution is -1.97. The van der Waals surface area contributed by atoms with Crippen molar-refractivity contribution >= 4 is 261 Å². The third-order valence-corrected chi connectivity index (χ3v) is 23.3. The Bertz CT molecular complexity index is 6560. The number of nitrogens with zero attached hydrogens (tertiary/aromatic N) is 8. The van der Waals surface area contributed by atoms with Crippen molar-refractivity contribution in [1.82, 2.24) is 29.9 Å². The Morgan fingerprint density at radius 1 is 0.438 bits per heavy atom. The Morgan fingerprint density at radius 3 is 1.26 bits per heavy atom. The van der Waals surface area contributed by atoms with Crippen molar-refractivity contribution in [1.29, 1.82) is 0 Å². The van der Waals surface area contributed by atoms with Gasteiger partial charge < -0.3 is 29.4 Å². The number of carboxylic acid groups (broad SMARTS) is 2. The van der Waals surface area contributed by atoms with Crippen molar-refractivity contribution in [2.45, 2.75) is 39.4 Å². The molecule has 0 spiro atoms. The number of aryl methyl sites for hydroxylation is 4. The van der Waals surface area contributed by atoms with Crippen molar-refractivity contribution in [2.75, 3.05) is 21.3 Å². The summed E-state index contributed by atoms with van der Waals surface area (Å²) in [6, 6.07) is 58.4. The number of nitrogens with one attached hydrogen (secondary N) is 1. The number of fused-ring (bicyclic) bond motifs is 6. The van der Waals surface area contributed by atoms with E-state index < -0.39 is 38.6 Å². The molecule has 0 aliphatic heterocycles. The molecule has 0 amide bonds. The van der Waals surface area contributed by atoms with Crippen LogP contribution in [0.4, 0.5) is 17.1 Å². The van der Waals surface area contributed by atoms with E-state index in [1.807, 2.05) is 110 Å². The lowest BCUT2D eigenvalue weighted by atomic mass is 10.1. The molecule has 1 atom stereocenters. The van der Waals surface area contributed by atoms with Gasteiger partial charge in [0, 0.05) is 66.1 Å². The van der Waals surface area contributed by atoms with Crippen LogP contribution in [0.25, 0.3) is 88.1 Å². The van der Waals surface area contributed by atoms with E-state index in [1.165, 1.54) is 74.2 Å². The van der Waals surface area contributed by atoms with Crippen LogP contribution in [0.15, 0.2) is 194 Å². The fourth-order valence-corrected chi connectivity index (χ4v) is 16.2. The molecule has 0 aliphatic carbocycles. The SMILES string of the molecule is CC(Br)c1ccc2nc(Cl)ccc2c1.COC(=O)c1cc([N+](=O)[O-])c(/C=C/c2ccc3nc(Cl)ccc3c2)s1.COC(=O)c1cc([N+](=O)[O-])c(C)s1.COC(=O)c1cc2[nH]c(-c3ccc4nc(Cl)ccc4c3)cc2s1.Cc1ccc(C(=O)O)s1.Cc1ccc2nc(Cl)ccc2c1.Cc1sc(C(=O)O)cc1[N+](=O)[O-].O=Cc1ccc2nc(Cl)ccc2c1. The number of carbonyl (C=O) groups is 6. The summed E-state index contributed by atoms with van der Waals surface area (Å²) < 4.78 is 14.8. The van der Waals surface area contributed by atoms with Gasteiger partial charge in [0.25, 0.3) is 17.1 Å². The highest BCUT2D eigenvalue weighted by Crippen LogP contribution is 2.36. The van der Waals surface area contributed by atoms with Crippen LogP contribution in [0.1, 0.15) is 107 Å². The molecular weight excluding hydrogens is 1820 g/mol. The van der Waals surface area contributed by atoms with Crippen LogP contribution >= 0.6 is 131 Å². The molecule has 0 fully saturated rings. The summed E-state index contributed by atoms with van der Waals surface area (Å²) in [5, 5.41) is 56.3. The maximum Gasteiger partial charge on any atom is 0.348 e. The molecule has 1 unspecified atom stereocenters. The van der Waals surface area contributed by atoms with Crippen molar-refractivity contribution in [3.8, 4) is 11.3 Å². The van der Waals surface area contributed by atoms with Crippen LogP contribution in [-0.2, 0) is 14.2 Å². The topological polar surface area (TPSA) is 380 Å². The number of aromatic amines is 1. The molecule has 0 bridgehead atoms. The summed E-state index contributed by atoms with van der Waals surface area (Å²) in [6.07, 6.45) is 4.17. The van der Waals surface area contributed by atoms with E-state index in [9.17, 15) is 59.1 Å². The zero-order valence-electron chi connectivity index (χ0n) is 64.2. The fourth-order valence-electron chi connectivity index (χ4n) is 10.7. The number of esters is 3.